The van der Waals surface area contributed by atoms with Crippen LogP contribution in [0.3, 0.4) is 0 Å². The Balaban J connectivity index is 2.50. The second kappa shape index (κ2) is 5.72. The van der Waals surface area contributed by atoms with Crippen molar-refractivity contribution in [2.75, 3.05) is 6.61 Å². The summed E-state index contributed by atoms with van der Waals surface area (Å²) in [7, 11) is 1.51. The van der Waals surface area contributed by atoms with Crippen LogP contribution in [0.2, 0.25) is 0 Å². The molecular weight excluding hydrogens is 295 g/mol. The summed E-state index contributed by atoms with van der Waals surface area (Å²) in [5.41, 5.74) is -0.203. The fourth-order valence-corrected chi connectivity index (χ4v) is 2.26. The number of aromatic nitrogens is 1. The number of aryl methyl sites for hydroxylation is 1. The molecule has 1 N–H and O–H groups in total. The minimum Gasteiger partial charge on any atom is -0.459 e. The lowest BCUT2D eigenvalue weighted by Crippen LogP contribution is -2.27. The van der Waals surface area contributed by atoms with E-state index in [1.807, 2.05) is 0 Å². The van der Waals surface area contributed by atoms with Crippen LogP contribution in [0.1, 0.15) is 18.9 Å². The van der Waals surface area contributed by atoms with Crippen LogP contribution in [0.15, 0.2) is 24.4 Å². The molecule has 22 heavy (non-hydrogen) atoms. The summed E-state index contributed by atoms with van der Waals surface area (Å²) in [5, 5.41) is 21.2. The minimum absolute atomic E-state index is 0.0527. The number of ether oxygens (including phenoxy) is 1. The van der Waals surface area contributed by atoms with Crippen molar-refractivity contribution < 1.29 is 24.0 Å². The predicted octanol–water partition coefficient (Wildman–Crippen LogP) is 2.15. The molecule has 118 valence electrons. The number of fused-ring (bicyclic) bond motifs is 1. The second-order valence-electron chi connectivity index (χ2n) is 4.86. The maximum absolute atomic E-state index is 14.5. The third kappa shape index (κ3) is 2.77. The number of carbonyl (C=O) groups is 1. The van der Waals surface area contributed by atoms with Crippen molar-refractivity contribution in [3.05, 3.63) is 40.1 Å². The molecule has 0 saturated carbocycles. The SMILES string of the molecule is CCC(=O)OCC(O)(F)c1cn(C)c2c([N+](=O)[O-])cccc12. The molecule has 2 aromatic rings. The highest BCUT2D eigenvalue weighted by Crippen LogP contribution is 2.35. The van der Waals surface area contributed by atoms with Crippen LogP contribution in [0, 0.1) is 10.1 Å². The number of para-hydroxylation sites is 1. The van der Waals surface area contributed by atoms with E-state index >= 15 is 0 Å². The van der Waals surface area contributed by atoms with Crippen LogP contribution < -0.4 is 0 Å². The normalized spacial score (nSPS) is 13.8. The monoisotopic (exact) mass is 310 g/mol. The van der Waals surface area contributed by atoms with Gasteiger partial charge in [-0.1, -0.05) is 19.1 Å². The average molecular weight is 310 g/mol. The fraction of sp³-hybridized carbons (Fsp3) is 0.357. The van der Waals surface area contributed by atoms with E-state index in [-0.39, 0.29) is 28.6 Å². The van der Waals surface area contributed by atoms with Crippen molar-refractivity contribution in [3.63, 3.8) is 0 Å². The molecule has 0 bridgehead atoms. The number of aliphatic hydroxyl groups is 1. The molecule has 0 fully saturated rings. The number of hydrogen-bond acceptors (Lipinski definition) is 5. The number of halogens is 1. The topological polar surface area (TPSA) is 94.6 Å². The molecule has 0 spiro atoms. The summed E-state index contributed by atoms with van der Waals surface area (Å²) >= 11 is 0. The standard InChI is InChI=1S/C14H15FN2O5/c1-3-12(18)22-8-14(15,19)10-7-16(2)13-9(10)5-4-6-11(13)17(20)21/h4-7,19H,3,8H2,1-2H3. The Bertz CT molecular complexity index is 738. The van der Waals surface area contributed by atoms with Crippen LogP contribution in [-0.4, -0.2) is 27.2 Å². The predicted molar refractivity (Wildman–Crippen MR) is 75.8 cm³/mol. The molecule has 0 aliphatic carbocycles. The second-order valence-corrected chi connectivity index (χ2v) is 4.86. The Labute approximate surface area is 125 Å². The number of esters is 1. The van der Waals surface area contributed by atoms with Crippen molar-refractivity contribution in [2.24, 2.45) is 7.05 Å². The van der Waals surface area contributed by atoms with Gasteiger partial charge in [0.1, 0.15) is 5.52 Å². The first kappa shape index (κ1) is 15.9. The Morgan fingerprint density at radius 3 is 2.82 bits per heavy atom. The maximum Gasteiger partial charge on any atom is 0.305 e. The third-order valence-corrected chi connectivity index (χ3v) is 3.30. The number of benzene rings is 1. The lowest BCUT2D eigenvalue weighted by atomic mass is 10.1. The van der Waals surface area contributed by atoms with Crippen LogP contribution in [0.25, 0.3) is 10.9 Å². The summed E-state index contributed by atoms with van der Waals surface area (Å²) < 4.78 is 20.5. The van der Waals surface area contributed by atoms with Crippen molar-refractivity contribution in [1.82, 2.24) is 4.57 Å². The van der Waals surface area contributed by atoms with Crippen LogP contribution in [-0.2, 0) is 22.4 Å². The van der Waals surface area contributed by atoms with Gasteiger partial charge in [-0.2, -0.15) is 0 Å². The molecule has 1 atom stereocenters. The average Bonchev–Trinajstić information content (AvgIpc) is 2.83. The largest absolute Gasteiger partial charge is 0.459 e. The fourth-order valence-electron chi connectivity index (χ4n) is 2.26. The van der Waals surface area contributed by atoms with Gasteiger partial charge in [0.05, 0.1) is 4.92 Å². The van der Waals surface area contributed by atoms with Gasteiger partial charge in [-0.05, 0) is 0 Å². The first-order valence-corrected chi connectivity index (χ1v) is 6.57. The van der Waals surface area contributed by atoms with Crippen LogP contribution in [0.4, 0.5) is 10.1 Å². The van der Waals surface area contributed by atoms with Gasteiger partial charge in [0.25, 0.3) is 11.5 Å². The van der Waals surface area contributed by atoms with Gasteiger partial charge in [0.15, 0.2) is 6.61 Å². The van der Waals surface area contributed by atoms with Crippen molar-refractivity contribution >= 4 is 22.6 Å². The molecule has 1 unspecified atom stereocenters. The lowest BCUT2D eigenvalue weighted by Gasteiger charge is -2.18. The van der Waals surface area contributed by atoms with E-state index in [4.69, 9.17) is 0 Å². The third-order valence-electron chi connectivity index (χ3n) is 3.30. The van der Waals surface area contributed by atoms with E-state index in [1.54, 1.807) is 6.92 Å². The van der Waals surface area contributed by atoms with E-state index in [0.29, 0.717) is 0 Å². The van der Waals surface area contributed by atoms with Gasteiger partial charge in [0.2, 0.25) is 0 Å². The Morgan fingerprint density at radius 1 is 1.55 bits per heavy atom. The van der Waals surface area contributed by atoms with Gasteiger partial charge in [-0.3, -0.25) is 14.9 Å². The van der Waals surface area contributed by atoms with Crippen molar-refractivity contribution in [2.45, 2.75) is 19.2 Å². The van der Waals surface area contributed by atoms with Crippen molar-refractivity contribution in [1.29, 1.82) is 0 Å². The molecule has 1 aromatic heterocycles. The zero-order valence-electron chi connectivity index (χ0n) is 12.1. The summed E-state index contributed by atoms with van der Waals surface area (Å²) in [4.78, 5) is 21.6. The van der Waals surface area contributed by atoms with Gasteiger partial charge >= 0.3 is 5.97 Å². The molecule has 0 saturated heterocycles. The number of alkyl halides is 1. The van der Waals surface area contributed by atoms with E-state index in [0.717, 1.165) is 0 Å². The summed E-state index contributed by atoms with van der Waals surface area (Å²) in [5.74, 6) is -3.58. The maximum atomic E-state index is 14.5. The van der Waals surface area contributed by atoms with Gasteiger partial charge < -0.3 is 14.4 Å². The highest BCUT2D eigenvalue weighted by atomic mass is 19.2. The molecular formula is C14H15FN2O5. The summed E-state index contributed by atoms with van der Waals surface area (Å²) in [6.07, 6.45) is 1.30. The first-order chi connectivity index (χ1) is 10.3. The van der Waals surface area contributed by atoms with E-state index in [1.165, 1.54) is 36.0 Å². The number of hydrogen-bond donors (Lipinski definition) is 1. The van der Waals surface area contributed by atoms with E-state index in [9.17, 15) is 24.4 Å². The summed E-state index contributed by atoms with van der Waals surface area (Å²) in [6, 6.07) is 4.16. The number of nitro benzene ring substituents is 1. The Kier molecular flexibility index (Phi) is 4.14. The number of rotatable bonds is 5. The summed E-state index contributed by atoms with van der Waals surface area (Å²) in [6.45, 7) is 0.669. The molecule has 1 aromatic carbocycles. The molecule has 0 aliphatic rings. The lowest BCUT2D eigenvalue weighted by molar-refractivity contribution is -0.383. The zero-order valence-corrected chi connectivity index (χ0v) is 12.1. The molecule has 2 rings (SSSR count). The molecule has 7 nitrogen and oxygen atoms in total. The molecule has 0 aliphatic heterocycles. The van der Waals surface area contributed by atoms with Gasteiger partial charge in [-0.25, -0.2) is 4.39 Å². The highest BCUT2D eigenvalue weighted by molar-refractivity contribution is 5.91. The number of nitro groups is 1. The van der Waals surface area contributed by atoms with Gasteiger partial charge in [0, 0.05) is 36.7 Å². The molecule has 1 heterocycles. The van der Waals surface area contributed by atoms with E-state index in [2.05, 4.69) is 4.74 Å². The minimum atomic E-state index is -2.93. The first-order valence-electron chi connectivity index (χ1n) is 6.57. The highest BCUT2D eigenvalue weighted by Gasteiger charge is 2.35. The Morgan fingerprint density at radius 2 is 2.23 bits per heavy atom. The van der Waals surface area contributed by atoms with Crippen LogP contribution >= 0.6 is 0 Å². The number of non-ortho nitro benzene ring substituents is 1. The molecule has 0 amide bonds. The quantitative estimate of drug-likeness (QED) is 0.519. The Hall–Kier alpha value is -2.48. The van der Waals surface area contributed by atoms with Gasteiger partial charge in [-0.15, -0.1) is 0 Å². The zero-order chi connectivity index (χ0) is 16.5. The van der Waals surface area contributed by atoms with Crippen LogP contribution in [0.5, 0.6) is 0 Å². The molecule has 8 heteroatoms. The number of carbonyl (C=O) groups excluding carboxylic acids is 1. The van der Waals surface area contributed by atoms with Crippen molar-refractivity contribution in [3.8, 4) is 0 Å². The molecule has 0 radical (unpaired) electrons. The number of nitrogens with zero attached hydrogens (tertiary/aromatic N) is 2. The van der Waals surface area contributed by atoms with E-state index < -0.39 is 23.4 Å². The smallest absolute Gasteiger partial charge is 0.305 e.